The van der Waals surface area contributed by atoms with Crippen LogP contribution < -0.4 is 14.8 Å². The van der Waals surface area contributed by atoms with Crippen molar-refractivity contribution in [1.29, 1.82) is 0 Å². The molecule has 6 aromatic rings. The van der Waals surface area contributed by atoms with E-state index in [0.717, 1.165) is 44.1 Å². The van der Waals surface area contributed by atoms with Gasteiger partial charge >= 0.3 is 0 Å². The van der Waals surface area contributed by atoms with Gasteiger partial charge in [-0.2, -0.15) is 0 Å². The molecule has 4 aromatic carbocycles. The minimum absolute atomic E-state index is 0.0343. The molecule has 0 aliphatic rings. The van der Waals surface area contributed by atoms with Crippen molar-refractivity contribution >= 4 is 49.9 Å². The van der Waals surface area contributed by atoms with Gasteiger partial charge in [0.15, 0.2) is 4.96 Å². The third kappa shape index (κ3) is 4.01. The summed E-state index contributed by atoms with van der Waals surface area (Å²) in [4.78, 5) is 29.4. The number of aryl methyl sites for hydroxylation is 2. The second-order valence-electron chi connectivity index (χ2n) is 8.98. The van der Waals surface area contributed by atoms with Gasteiger partial charge in [-0.1, -0.05) is 41.7 Å². The van der Waals surface area contributed by atoms with Crippen molar-refractivity contribution in [2.75, 3.05) is 0 Å². The van der Waals surface area contributed by atoms with E-state index in [1.165, 1.54) is 23.5 Å². The Kier molecular flexibility index (Phi) is 5.46. The molecule has 182 valence electrons. The van der Waals surface area contributed by atoms with Gasteiger partial charge in [-0.15, -0.1) is 0 Å². The molecule has 0 aliphatic heterocycles. The number of nitro benzene ring substituents is 1. The Morgan fingerprint density at radius 2 is 1.78 bits per heavy atom. The SMILES string of the molecule is Cc1cc2nc3s/c(=C\c4c(OCc5ccc([N+](=O)[O-])cc5)ccc5ccccc45)c(=O)n3c2cc1C. The van der Waals surface area contributed by atoms with Gasteiger partial charge in [-0.3, -0.25) is 14.9 Å². The monoisotopic (exact) mass is 507 g/mol. The molecule has 2 aromatic heterocycles. The van der Waals surface area contributed by atoms with Crippen LogP contribution >= 0.6 is 11.3 Å². The van der Waals surface area contributed by atoms with E-state index in [1.54, 1.807) is 16.5 Å². The summed E-state index contributed by atoms with van der Waals surface area (Å²) in [5.74, 6) is 0.624. The average Bonchev–Trinajstić information content (AvgIpc) is 3.39. The summed E-state index contributed by atoms with van der Waals surface area (Å²) >= 11 is 1.36. The van der Waals surface area contributed by atoms with Crippen molar-refractivity contribution < 1.29 is 9.66 Å². The summed E-state index contributed by atoms with van der Waals surface area (Å²) in [6.07, 6.45) is 1.88. The number of rotatable bonds is 5. The molecule has 0 saturated heterocycles. The summed E-state index contributed by atoms with van der Waals surface area (Å²) in [6.45, 7) is 4.30. The fraction of sp³-hybridized carbons (Fsp3) is 0.103. The molecule has 0 atom stereocenters. The predicted molar refractivity (Wildman–Crippen MR) is 146 cm³/mol. The van der Waals surface area contributed by atoms with E-state index in [1.807, 2.05) is 68.5 Å². The van der Waals surface area contributed by atoms with Crippen LogP contribution in [-0.4, -0.2) is 14.3 Å². The van der Waals surface area contributed by atoms with Crippen LogP contribution in [0.3, 0.4) is 0 Å². The van der Waals surface area contributed by atoms with Crippen LogP contribution in [0.5, 0.6) is 5.75 Å². The molecule has 0 aliphatic carbocycles. The maximum absolute atomic E-state index is 13.5. The van der Waals surface area contributed by atoms with E-state index >= 15 is 0 Å². The highest BCUT2D eigenvalue weighted by molar-refractivity contribution is 7.15. The molecule has 2 heterocycles. The van der Waals surface area contributed by atoms with Crippen molar-refractivity contribution in [3.63, 3.8) is 0 Å². The highest BCUT2D eigenvalue weighted by atomic mass is 32.1. The van der Waals surface area contributed by atoms with E-state index in [0.29, 0.717) is 15.2 Å². The second-order valence-corrected chi connectivity index (χ2v) is 9.99. The maximum atomic E-state index is 13.5. The number of imidazole rings is 1. The van der Waals surface area contributed by atoms with Crippen molar-refractivity contribution in [3.05, 3.63) is 120 Å². The number of nitrogens with zero attached hydrogens (tertiary/aromatic N) is 3. The van der Waals surface area contributed by atoms with Crippen molar-refractivity contribution in [2.24, 2.45) is 0 Å². The third-order valence-corrected chi connectivity index (χ3v) is 7.57. The normalized spacial score (nSPS) is 12.1. The zero-order valence-corrected chi connectivity index (χ0v) is 20.9. The van der Waals surface area contributed by atoms with Gasteiger partial charge < -0.3 is 4.74 Å². The van der Waals surface area contributed by atoms with Crippen LogP contribution in [0.15, 0.2) is 77.6 Å². The molecule has 0 spiro atoms. The Balaban J connectivity index is 1.47. The molecule has 0 unspecified atom stereocenters. The lowest BCUT2D eigenvalue weighted by molar-refractivity contribution is -0.384. The standard InChI is InChI=1S/C29H21N3O4S/c1-17-13-24-25(14-18(17)2)31-28(33)27(37-29(31)30-24)15-23-22-6-4-3-5-20(22)9-12-26(23)36-16-19-7-10-21(11-8-19)32(34)35/h3-15H,16H2,1-2H3/b27-15-. The molecule has 8 heteroatoms. The molecule has 6 rings (SSSR count). The predicted octanol–water partition coefficient (Wildman–Crippen LogP) is 5.71. The lowest BCUT2D eigenvalue weighted by Crippen LogP contribution is -2.22. The van der Waals surface area contributed by atoms with Crippen molar-refractivity contribution in [3.8, 4) is 5.75 Å². The van der Waals surface area contributed by atoms with E-state index in [4.69, 9.17) is 9.72 Å². The van der Waals surface area contributed by atoms with E-state index in [-0.39, 0.29) is 17.9 Å². The largest absolute Gasteiger partial charge is 0.488 e. The molecule has 0 radical (unpaired) electrons. The number of aromatic nitrogens is 2. The Morgan fingerprint density at radius 3 is 2.57 bits per heavy atom. The van der Waals surface area contributed by atoms with Crippen LogP contribution in [0, 0.1) is 24.0 Å². The quantitative estimate of drug-likeness (QED) is 0.220. The molecule has 0 bridgehead atoms. The Hall–Kier alpha value is -4.56. The number of fused-ring (bicyclic) bond motifs is 4. The lowest BCUT2D eigenvalue weighted by atomic mass is 10.0. The summed E-state index contributed by atoms with van der Waals surface area (Å²) in [5, 5.41) is 12.9. The first kappa shape index (κ1) is 22.9. The Bertz CT molecular complexity index is 1960. The van der Waals surface area contributed by atoms with E-state index < -0.39 is 4.92 Å². The first-order valence-corrected chi connectivity index (χ1v) is 12.5. The van der Waals surface area contributed by atoms with Crippen LogP contribution in [0.25, 0.3) is 32.8 Å². The van der Waals surface area contributed by atoms with Gasteiger partial charge in [0.25, 0.3) is 11.2 Å². The fourth-order valence-electron chi connectivity index (χ4n) is 4.47. The highest BCUT2D eigenvalue weighted by Crippen LogP contribution is 2.30. The fourth-order valence-corrected chi connectivity index (χ4v) is 5.44. The summed E-state index contributed by atoms with van der Waals surface area (Å²) < 4.78 is 8.43. The van der Waals surface area contributed by atoms with Gasteiger partial charge in [-0.05, 0) is 77.7 Å². The smallest absolute Gasteiger partial charge is 0.274 e. The zero-order chi connectivity index (χ0) is 25.7. The first-order chi connectivity index (χ1) is 17.9. The van der Waals surface area contributed by atoms with E-state index in [2.05, 4.69) is 0 Å². The van der Waals surface area contributed by atoms with Gasteiger partial charge in [0, 0.05) is 17.7 Å². The number of nitro groups is 1. The molecule has 7 nitrogen and oxygen atoms in total. The zero-order valence-electron chi connectivity index (χ0n) is 20.1. The van der Waals surface area contributed by atoms with E-state index in [9.17, 15) is 14.9 Å². The molecule has 0 N–H and O–H groups in total. The minimum Gasteiger partial charge on any atom is -0.488 e. The summed E-state index contributed by atoms with van der Waals surface area (Å²) in [5.41, 5.74) is 5.41. The molecule has 0 saturated carbocycles. The van der Waals surface area contributed by atoms with Crippen molar-refractivity contribution in [1.82, 2.24) is 9.38 Å². The lowest BCUT2D eigenvalue weighted by Gasteiger charge is -2.12. The van der Waals surface area contributed by atoms with Crippen LogP contribution in [-0.2, 0) is 6.61 Å². The minimum atomic E-state index is -0.425. The highest BCUT2D eigenvalue weighted by Gasteiger charge is 2.14. The number of hydrogen-bond donors (Lipinski definition) is 0. The molecule has 0 amide bonds. The first-order valence-electron chi connectivity index (χ1n) is 11.7. The average molecular weight is 508 g/mol. The van der Waals surface area contributed by atoms with Crippen LogP contribution in [0.1, 0.15) is 22.3 Å². The Morgan fingerprint density at radius 1 is 1.03 bits per heavy atom. The maximum Gasteiger partial charge on any atom is 0.274 e. The topological polar surface area (TPSA) is 86.7 Å². The van der Waals surface area contributed by atoms with Gasteiger partial charge in [-0.25, -0.2) is 9.38 Å². The number of benzene rings is 4. The molecular weight excluding hydrogens is 486 g/mol. The third-order valence-electron chi connectivity index (χ3n) is 6.60. The molecule has 37 heavy (non-hydrogen) atoms. The van der Waals surface area contributed by atoms with Crippen LogP contribution in [0.4, 0.5) is 5.69 Å². The number of non-ortho nitro benzene ring substituents is 1. The number of hydrogen-bond acceptors (Lipinski definition) is 6. The van der Waals surface area contributed by atoms with Gasteiger partial charge in [0.05, 0.1) is 20.5 Å². The number of thiazole rings is 1. The molecular formula is C29H21N3O4S. The van der Waals surface area contributed by atoms with Crippen LogP contribution in [0.2, 0.25) is 0 Å². The summed E-state index contributed by atoms with van der Waals surface area (Å²) in [7, 11) is 0. The second kappa shape index (κ2) is 8.83. The number of ether oxygens (including phenoxy) is 1. The van der Waals surface area contributed by atoms with Gasteiger partial charge in [0.1, 0.15) is 12.4 Å². The summed E-state index contributed by atoms with van der Waals surface area (Å²) in [6, 6.07) is 22.1. The van der Waals surface area contributed by atoms with Crippen molar-refractivity contribution in [2.45, 2.75) is 20.5 Å². The van der Waals surface area contributed by atoms with Gasteiger partial charge in [0.2, 0.25) is 0 Å². The molecule has 0 fully saturated rings. The Labute approximate surface area is 215 Å².